The molecule has 128 valence electrons. The van der Waals surface area contributed by atoms with Gasteiger partial charge in [-0.2, -0.15) is 0 Å². The van der Waals surface area contributed by atoms with Gasteiger partial charge in [-0.05, 0) is 24.3 Å². The average molecular weight is 347 g/mol. The Morgan fingerprint density at radius 2 is 2.04 bits per heavy atom. The van der Waals surface area contributed by atoms with Gasteiger partial charge in [0.05, 0.1) is 17.1 Å². The van der Waals surface area contributed by atoms with Gasteiger partial charge in [0.1, 0.15) is 11.8 Å². The maximum absolute atomic E-state index is 12.8. The summed E-state index contributed by atoms with van der Waals surface area (Å²) >= 11 is 1.53. The topological polar surface area (TPSA) is 75.4 Å². The summed E-state index contributed by atoms with van der Waals surface area (Å²) < 4.78 is 5.47. The van der Waals surface area contributed by atoms with E-state index in [0.29, 0.717) is 24.4 Å². The van der Waals surface area contributed by atoms with Crippen LogP contribution in [0.5, 0.6) is 0 Å². The van der Waals surface area contributed by atoms with E-state index in [0.717, 1.165) is 17.7 Å². The van der Waals surface area contributed by atoms with Crippen molar-refractivity contribution in [3.63, 3.8) is 0 Å². The molecule has 0 spiro atoms. The first-order valence-electron chi connectivity index (χ1n) is 8.22. The van der Waals surface area contributed by atoms with Crippen LogP contribution in [0.25, 0.3) is 10.8 Å². The molecule has 1 aliphatic heterocycles. The highest BCUT2D eigenvalue weighted by molar-refractivity contribution is 7.13. The van der Waals surface area contributed by atoms with Crippen molar-refractivity contribution >= 4 is 23.3 Å². The molecule has 0 aromatic carbocycles. The quantitative estimate of drug-likeness (QED) is 0.773. The first-order chi connectivity index (χ1) is 11.6. The molecule has 0 radical (unpaired) electrons. The number of urea groups is 1. The van der Waals surface area contributed by atoms with Crippen molar-refractivity contribution in [1.29, 1.82) is 0 Å². The summed E-state index contributed by atoms with van der Waals surface area (Å²) in [7, 11) is 0. The lowest BCUT2D eigenvalue weighted by Gasteiger charge is -2.25. The summed E-state index contributed by atoms with van der Waals surface area (Å²) in [6.45, 7) is 4.17. The SMILES string of the molecule is CCCC1(CCC)NC(=O)N(Cc2coc(-c3cccs3)n2)C1=O. The molecule has 3 heterocycles. The van der Waals surface area contributed by atoms with Crippen LogP contribution in [0, 0.1) is 0 Å². The maximum atomic E-state index is 12.8. The van der Waals surface area contributed by atoms with Crippen molar-refractivity contribution in [2.45, 2.75) is 51.6 Å². The Bertz CT molecular complexity index is 717. The summed E-state index contributed by atoms with van der Waals surface area (Å²) in [5, 5.41) is 4.85. The molecule has 0 bridgehead atoms. The zero-order valence-electron chi connectivity index (χ0n) is 13.9. The van der Waals surface area contributed by atoms with E-state index < -0.39 is 5.54 Å². The highest BCUT2D eigenvalue weighted by Gasteiger charge is 2.49. The summed E-state index contributed by atoms with van der Waals surface area (Å²) in [5.41, 5.74) is -0.188. The minimum atomic E-state index is -0.763. The summed E-state index contributed by atoms with van der Waals surface area (Å²) in [4.78, 5) is 31.7. The predicted molar refractivity (Wildman–Crippen MR) is 91.4 cm³/mol. The molecule has 1 N–H and O–H groups in total. The molecule has 6 nitrogen and oxygen atoms in total. The lowest BCUT2D eigenvalue weighted by atomic mass is 9.88. The van der Waals surface area contributed by atoms with Gasteiger partial charge in [0, 0.05) is 0 Å². The normalized spacial score (nSPS) is 16.7. The van der Waals surface area contributed by atoms with Crippen LogP contribution >= 0.6 is 11.3 Å². The van der Waals surface area contributed by atoms with Gasteiger partial charge >= 0.3 is 6.03 Å². The number of imide groups is 1. The van der Waals surface area contributed by atoms with Crippen LogP contribution in [0.15, 0.2) is 28.2 Å². The molecule has 0 atom stereocenters. The van der Waals surface area contributed by atoms with E-state index in [-0.39, 0.29) is 18.5 Å². The van der Waals surface area contributed by atoms with Gasteiger partial charge in [-0.1, -0.05) is 32.8 Å². The van der Waals surface area contributed by atoms with E-state index in [2.05, 4.69) is 10.3 Å². The molecule has 3 amide bonds. The van der Waals surface area contributed by atoms with Gasteiger partial charge in [-0.15, -0.1) is 11.3 Å². The van der Waals surface area contributed by atoms with Gasteiger partial charge in [0.15, 0.2) is 0 Å². The monoisotopic (exact) mass is 347 g/mol. The number of hydrogen-bond donors (Lipinski definition) is 1. The van der Waals surface area contributed by atoms with Crippen LogP contribution < -0.4 is 5.32 Å². The lowest BCUT2D eigenvalue weighted by Crippen LogP contribution is -2.46. The van der Waals surface area contributed by atoms with Gasteiger partial charge in [0.2, 0.25) is 5.89 Å². The fourth-order valence-electron chi connectivity index (χ4n) is 3.19. The Kier molecular flexibility index (Phi) is 4.71. The molecule has 24 heavy (non-hydrogen) atoms. The van der Waals surface area contributed by atoms with Gasteiger partial charge in [-0.3, -0.25) is 9.69 Å². The molecular weight excluding hydrogens is 326 g/mol. The number of carbonyl (C=O) groups excluding carboxylic acids is 2. The van der Waals surface area contributed by atoms with Crippen molar-refractivity contribution in [3.05, 3.63) is 29.5 Å². The number of oxazole rings is 1. The third-order valence-electron chi connectivity index (χ3n) is 4.20. The number of hydrogen-bond acceptors (Lipinski definition) is 5. The smallest absolute Gasteiger partial charge is 0.325 e. The Hall–Kier alpha value is -2.15. The molecule has 0 saturated carbocycles. The van der Waals surface area contributed by atoms with E-state index in [1.165, 1.54) is 22.5 Å². The van der Waals surface area contributed by atoms with E-state index in [9.17, 15) is 9.59 Å². The first kappa shape index (κ1) is 16.7. The minimum absolute atomic E-state index is 0.134. The second-order valence-electron chi connectivity index (χ2n) is 6.02. The maximum Gasteiger partial charge on any atom is 0.325 e. The van der Waals surface area contributed by atoms with E-state index >= 15 is 0 Å². The van der Waals surface area contributed by atoms with Crippen LogP contribution in [-0.2, 0) is 11.3 Å². The van der Waals surface area contributed by atoms with E-state index in [1.807, 2.05) is 31.4 Å². The Morgan fingerprint density at radius 1 is 1.29 bits per heavy atom. The molecule has 0 aliphatic carbocycles. The summed E-state index contributed by atoms with van der Waals surface area (Å²) in [5.74, 6) is 0.359. The van der Waals surface area contributed by atoms with Crippen LogP contribution in [-0.4, -0.2) is 27.4 Å². The van der Waals surface area contributed by atoms with Gasteiger partial charge in [-0.25, -0.2) is 9.78 Å². The molecular formula is C17H21N3O3S. The number of amides is 3. The third kappa shape index (κ3) is 2.96. The van der Waals surface area contributed by atoms with E-state index in [4.69, 9.17) is 4.42 Å². The minimum Gasteiger partial charge on any atom is -0.443 e. The van der Waals surface area contributed by atoms with Crippen LogP contribution in [0.2, 0.25) is 0 Å². The lowest BCUT2D eigenvalue weighted by molar-refractivity contribution is -0.132. The van der Waals surface area contributed by atoms with Crippen molar-refractivity contribution < 1.29 is 14.0 Å². The van der Waals surface area contributed by atoms with Crippen molar-refractivity contribution in [3.8, 4) is 10.8 Å². The standard InChI is InChI=1S/C17H21N3O3S/c1-3-7-17(8-4-2)15(21)20(16(22)19-17)10-12-11-23-14(18-12)13-6-5-9-24-13/h5-6,9,11H,3-4,7-8,10H2,1-2H3,(H,19,22). The zero-order chi connectivity index (χ0) is 17.2. The Labute approximate surface area is 144 Å². The molecule has 0 unspecified atom stereocenters. The fourth-order valence-corrected chi connectivity index (χ4v) is 3.85. The number of nitrogens with one attached hydrogen (secondary N) is 1. The van der Waals surface area contributed by atoms with Crippen molar-refractivity contribution in [2.24, 2.45) is 0 Å². The molecule has 2 aromatic rings. The van der Waals surface area contributed by atoms with E-state index in [1.54, 1.807) is 0 Å². The number of thiophene rings is 1. The molecule has 1 aliphatic rings. The van der Waals surface area contributed by atoms with Crippen molar-refractivity contribution in [2.75, 3.05) is 0 Å². The summed E-state index contributed by atoms with van der Waals surface area (Å²) in [6.07, 6.45) is 4.50. The Morgan fingerprint density at radius 3 is 2.67 bits per heavy atom. The third-order valence-corrected chi connectivity index (χ3v) is 5.06. The van der Waals surface area contributed by atoms with Crippen LogP contribution in [0.3, 0.4) is 0 Å². The molecule has 1 saturated heterocycles. The zero-order valence-corrected chi connectivity index (χ0v) is 14.7. The second kappa shape index (κ2) is 6.76. The van der Waals surface area contributed by atoms with Gasteiger partial charge < -0.3 is 9.73 Å². The number of aromatic nitrogens is 1. The number of carbonyl (C=O) groups is 2. The van der Waals surface area contributed by atoms with Crippen molar-refractivity contribution in [1.82, 2.24) is 15.2 Å². The predicted octanol–water partition coefficient (Wildman–Crippen LogP) is 3.79. The van der Waals surface area contributed by atoms with Crippen LogP contribution in [0.4, 0.5) is 4.79 Å². The molecule has 1 fully saturated rings. The molecule has 7 heteroatoms. The number of rotatable bonds is 7. The van der Waals surface area contributed by atoms with Crippen LogP contribution in [0.1, 0.15) is 45.2 Å². The fraction of sp³-hybridized carbons (Fsp3) is 0.471. The second-order valence-corrected chi connectivity index (χ2v) is 6.97. The Balaban J connectivity index is 1.77. The number of nitrogens with zero attached hydrogens (tertiary/aromatic N) is 2. The van der Waals surface area contributed by atoms with Gasteiger partial charge in [0.25, 0.3) is 5.91 Å². The highest BCUT2D eigenvalue weighted by atomic mass is 32.1. The average Bonchev–Trinajstić information content (AvgIpc) is 3.26. The molecule has 2 aromatic heterocycles. The highest BCUT2D eigenvalue weighted by Crippen LogP contribution is 2.30. The summed E-state index contributed by atoms with van der Waals surface area (Å²) in [6, 6.07) is 3.50. The first-order valence-corrected chi connectivity index (χ1v) is 9.10. The largest absolute Gasteiger partial charge is 0.443 e. The molecule has 3 rings (SSSR count).